The van der Waals surface area contributed by atoms with E-state index in [9.17, 15) is 0 Å². The van der Waals surface area contributed by atoms with E-state index in [1.165, 1.54) is 32.1 Å². The van der Waals surface area contributed by atoms with Crippen LogP contribution in [0.4, 0.5) is 0 Å². The monoisotopic (exact) mass is 258 g/mol. The summed E-state index contributed by atoms with van der Waals surface area (Å²) < 4.78 is 0. The molecule has 0 spiro atoms. The first-order valence-corrected chi connectivity index (χ1v) is 8.13. The highest BCUT2D eigenvalue weighted by molar-refractivity contribution is 5.52. The molecule has 0 aliphatic heterocycles. The average molecular weight is 258 g/mol. The first kappa shape index (κ1) is 13.5. The highest BCUT2D eigenvalue weighted by Crippen LogP contribution is 2.57. The highest BCUT2D eigenvalue weighted by atomic mass is 14.5. The number of hydrogen-bond donors (Lipinski definition) is 0. The molecule has 2 fully saturated rings. The van der Waals surface area contributed by atoms with Crippen molar-refractivity contribution in [1.82, 2.24) is 0 Å². The second-order valence-electron chi connectivity index (χ2n) is 9.10. The zero-order chi connectivity index (χ0) is 14.0. The summed E-state index contributed by atoms with van der Waals surface area (Å²) in [6.07, 6.45) is 7.03. The van der Waals surface area contributed by atoms with E-state index < -0.39 is 0 Å². The maximum atomic E-state index is 2.41. The summed E-state index contributed by atoms with van der Waals surface area (Å²) in [6, 6.07) is 0. The quantitative estimate of drug-likeness (QED) is 0.508. The van der Waals surface area contributed by atoms with E-state index in [0.29, 0.717) is 10.8 Å². The van der Waals surface area contributed by atoms with Crippen LogP contribution < -0.4 is 0 Å². The molecule has 0 radical (unpaired) electrons. The predicted octanol–water partition coefficient (Wildman–Crippen LogP) is 5.90. The van der Waals surface area contributed by atoms with Crippen LogP contribution in [0.3, 0.4) is 0 Å². The fraction of sp³-hybridized carbons (Fsp3) is 0.789. The lowest BCUT2D eigenvalue weighted by Gasteiger charge is -2.43. The van der Waals surface area contributed by atoms with Crippen molar-refractivity contribution >= 4 is 0 Å². The maximum absolute atomic E-state index is 2.41. The van der Waals surface area contributed by atoms with E-state index in [4.69, 9.17) is 0 Å². The number of hydrogen-bond acceptors (Lipinski definition) is 0. The minimum Gasteiger partial charge on any atom is -0.0573 e. The van der Waals surface area contributed by atoms with Gasteiger partial charge in [-0.1, -0.05) is 52.7 Å². The first-order valence-electron chi connectivity index (χ1n) is 8.13. The molecule has 2 unspecified atom stereocenters. The molecule has 0 aromatic heterocycles. The average Bonchev–Trinajstić information content (AvgIpc) is 2.58. The van der Waals surface area contributed by atoms with Crippen LogP contribution in [0.15, 0.2) is 22.3 Å². The van der Waals surface area contributed by atoms with Gasteiger partial charge >= 0.3 is 0 Å². The maximum Gasteiger partial charge on any atom is -0.00861 e. The van der Waals surface area contributed by atoms with Gasteiger partial charge in [0.05, 0.1) is 0 Å². The van der Waals surface area contributed by atoms with Crippen LogP contribution in [0.5, 0.6) is 0 Å². The Labute approximate surface area is 119 Å². The van der Waals surface area contributed by atoms with Gasteiger partial charge in [-0.2, -0.15) is 0 Å². The fourth-order valence-corrected chi connectivity index (χ4v) is 4.38. The lowest BCUT2D eigenvalue weighted by atomic mass is 9.61. The molecule has 2 atom stereocenters. The molecule has 3 aliphatic rings. The summed E-state index contributed by atoms with van der Waals surface area (Å²) in [5, 5.41) is 0. The minimum atomic E-state index is 0.351. The molecule has 3 aliphatic carbocycles. The summed E-state index contributed by atoms with van der Waals surface area (Å²) in [6.45, 7) is 14.4. The third-order valence-electron chi connectivity index (χ3n) is 5.76. The van der Waals surface area contributed by atoms with E-state index in [1.54, 1.807) is 22.3 Å². The van der Waals surface area contributed by atoms with Gasteiger partial charge in [-0.3, -0.25) is 0 Å². The van der Waals surface area contributed by atoms with E-state index >= 15 is 0 Å². The second-order valence-corrected chi connectivity index (χ2v) is 9.10. The zero-order valence-corrected chi connectivity index (χ0v) is 13.7. The van der Waals surface area contributed by atoms with Crippen LogP contribution >= 0.6 is 0 Å². The molecule has 0 aromatic rings. The van der Waals surface area contributed by atoms with Crippen LogP contribution in [0, 0.1) is 22.7 Å². The van der Waals surface area contributed by atoms with Crippen molar-refractivity contribution in [2.45, 2.75) is 73.6 Å². The summed E-state index contributed by atoms with van der Waals surface area (Å²) >= 11 is 0. The molecular weight excluding hydrogens is 228 g/mol. The van der Waals surface area contributed by atoms with Gasteiger partial charge in [-0.15, -0.1) is 0 Å². The van der Waals surface area contributed by atoms with Gasteiger partial charge < -0.3 is 0 Å². The van der Waals surface area contributed by atoms with Crippen molar-refractivity contribution < 1.29 is 0 Å². The summed E-state index contributed by atoms with van der Waals surface area (Å²) in [4.78, 5) is 0. The lowest BCUT2D eigenvalue weighted by molar-refractivity contribution is 0.159. The van der Waals surface area contributed by atoms with Crippen LogP contribution in [0.1, 0.15) is 73.6 Å². The van der Waals surface area contributed by atoms with Crippen molar-refractivity contribution in [1.29, 1.82) is 0 Å². The standard InChI is InChI=1S/C19H30/c1-18(2,3)16-11-17(19(4,5)6)15-10-13-8-7-12(13)9-14(15)16/h12-13H,7-11H2,1-6H3. The highest BCUT2D eigenvalue weighted by Gasteiger charge is 2.43. The molecule has 2 saturated carbocycles. The van der Waals surface area contributed by atoms with Crippen molar-refractivity contribution in [2.24, 2.45) is 22.7 Å². The van der Waals surface area contributed by atoms with E-state index in [0.717, 1.165) is 11.8 Å². The zero-order valence-electron chi connectivity index (χ0n) is 13.7. The predicted molar refractivity (Wildman–Crippen MR) is 83.0 cm³/mol. The van der Waals surface area contributed by atoms with Crippen molar-refractivity contribution in [3.63, 3.8) is 0 Å². The van der Waals surface area contributed by atoms with E-state index in [2.05, 4.69) is 41.5 Å². The van der Waals surface area contributed by atoms with Crippen LogP contribution in [-0.2, 0) is 0 Å². The van der Waals surface area contributed by atoms with Gasteiger partial charge in [0.1, 0.15) is 0 Å². The molecular formula is C19H30. The third-order valence-corrected chi connectivity index (χ3v) is 5.76. The number of rotatable bonds is 0. The summed E-state index contributed by atoms with van der Waals surface area (Å²) in [5.74, 6) is 2.05. The fourth-order valence-electron chi connectivity index (χ4n) is 4.38. The molecule has 0 N–H and O–H groups in total. The van der Waals surface area contributed by atoms with Gasteiger partial charge in [0.15, 0.2) is 0 Å². The third kappa shape index (κ3) is 2.12. The SMILES string of the molecule is CC(C)(C)C1=C2CC3CCC3CC2=C(C(C)(C)C)C1. The van der Waals surface area contributed by atoms with Crippen molar-refractivity contribution in [2.75, 3.05) is 0 Å². The first-order chi connectivity index (χ1) is 8.68. The molecule has 0 bridgehead atoms. The molecule has 0 heterocycles. The molecule has 0 nitrogen and oxygen atoms in total. The Morgan fingerprint density at radius 2 is 1.05 bits per heavy atom. The molecule has 0 saturated heterocycles. The Balaban J connectivity index is 2.03. The van der Waals surface area contributed by atoms with Crippen LogP contribution in [0.25, 0.3) is 0 Å². The van der Waals surface area contributed by atoms with Crippen LogP contribution in [0.2, 0.25) is 0 Å². The van der Waals surface area contributed by atoms with E-state index in [-0.39, 0.29) is 0 Å². The van der Waals surface area contributed by atoms with Gasteiger partial charge in [0.2, 0.25) is 0 Å². The molecule has 0 heteroatoms. The topological polar surface area (TPSA) is 0 Å². The molecule has 0 aromatic carbocycles. The Hall–Kier alpha value is -0.520. The summed E-state index contributed by atoms with van der Waals surface area (Å²) in [5.41, 5.74) is 7.81. The molecule has 3 rings (SSSR count). The second kappa shape index (κ2) is 3.99. The number of allylic oxidation sites excluding steroid dienone is 4. The van der Waals surface area contributed by atoms with Gasteiger partial charge in [-0.25, -0.2) is 0 Å². The smallest absolute Gasteiger partial charge is 0.00861 e. The largest absolute Gasteiger partial charge is 0.0573 e. The minimum absolute atomic E-state index is 0.351. The Morgan fingerprint density at radius 1 is 0.684 bits per heavy atom. The Bertz CT molecular complexity index is 415. The van der Waals surface area contributed by atoms with Gasteiger partial charge in [-0.05, 0) is 65.9 Å². The van der Waals surface area contributed by atoms with Crippen LogP contribution in [-0.4, -0.2) is 0 Å². The van der Waals surface area contributed by atoms with Crippen molar-refractivity contribution in [3.05, 3.63) is 22.3 Å². The summed E-state index contributed by atoms with van der Waals surface area (Å²) in [7, 11) is 0. The van der Waals surface area contributed by atoms with E-state index in [1.807, 2.05) is 0 Å². The number of fused-ring (bicyclic) bond motifs is 2. The van der Waals surface area contributed by atoms with Gasteiger partial charge in [0.25, 0.3) is 0 Å². The van der Waals surface area contributed by atoms with Crippen molar-refractivity contribution in [3.8, 4) is 0 Å². The Morgan fingerprint density at radius 3 is 1.32 bits per heavy atom. The molecule has 19 heavy (non-hydrogen) atoms. The molecule has 106 valence electrons. The Kier molecular flexibility index (Phi) is 2.83. The van der Waals surface area contributed by atoms with Gasteiger partial charge in [0, 0.05) is 0 Å². The molecule has 0 amide bonds. The lowest BCUT2D eigenvalue weighted by Crippen LogP contribution is -2.31. The normalized spacial score (nSPS) is 31.3.